The van der Waals surface area contributed by atoms with E-state index in [0.29, 0.717) is 24.5 Å². The summed E-state index contributed by atoms with van der Waals surface area (Å²) < 4.78 is 5.26. The molecule has 0 fully saturated rings. The van der Waals surface area contributed by atoms with Gasteiger partial charge in [-0.05, 0) is 47.4 Å². The highest BCUT2D eigenvalue weighted by Gasteiger charge is 2.30. The lowest BCUT2D eigenvalue weighted by Crippen LogP contribution is -2.51. The molecule has 1 N–H and O–H groups in total. The summed E-state index contributed by atoms with van der Waals surface area (Å²) in [4.78, 5) is 28.6. The van der Waals surface area contributed by atoms with Crippen LogP contribution >= 0.6 is 11.6 Å². The Balaban J connectivity index is 1.93. The first kappa shape index (κ1) is 25.3. The Morgan fingerprint density at radius 1 is 0.912 bits per heavy atom. The fourth-order valence-corrected chi connectivity index (χ4v) is 3.85. The normalized spacial score (nSPS) is 11.5. The quantitative estimate of drug-likeness (QED) is 0.419. The lowest BCUT2D eigenvalue weighted by atomic mass is 10.0. The van der Waals surface area contributed by atoms with Crippen molar-refractivity contribution < 1.29 is 14.3 Å². The lowest BCUT2D eigenvalue weighted by Gasteiger charge is -2.31. The predicted molar refractivity (Wildman–Crippen MR) is 136 cm³/mol. The van der Waals surface area contributed by atoms with Gasteiger partial charge in [0.2, 0.25) is 11.8 Å². The smallest absolute Gasteiger partial charge is 0.243 e. The van der Waals surface area contributed by atoms with Crippen LogP contribution in [0.5, 0.6) is 5.75 Å². The minimum atomic E-state index is -0.643. The summed E-state index contributed by atoms with van der Waals surface area (Å²) in [6, 6.07) is 23.9. The molecule has 0 aliphatic carbocycles. The number of methoxy groups -OCH3 is 1. The molecule has 34 heavy (non-hydrogen) atoms. The van der Waals surface area contributed by atoms with Crippen LogP contribution in [-0.4, -0.2) is 36.4 Å². The first-order valence-corrected chi connectivity index (χ1v) is 11.9. The lowest BCUT2D eigenvalue weighted by molar-refractivity contribution is -0.140. The number of hydrogen-bond acceptors (Lipinski definition) is 3. The van der Waals surface area contributed by atoms with E-state index in [1.54, 1.807) is 24.1 Å². The van der Waals surface area contributed by atoms with Gasteiger partial charge in [0.25, 0.3) is 0 Å². The number of nitrogens with one attached hydrogen (secondary N) is 1. The fourth-order valence-electron chi connectivity index (χ4n) is 3.73. The number of carbonyl (C=O) groups is 2. The van der Waals surface area contributed by atoms with Crippen molar-refractivity contribution in [2.24, 2.45) is 0 Å². The van der Waals surface area contributed by atoms with E-state index in [4.69, 9.17) is 16.3 Å². The van der Waals surface area contributed by atoms with Crippen molar-refractivity contribution in [2.75, 3.05) is 13.7 Å². The van der Waals surface area contributed by atoms with Gasteiger partial charge in [-0.3, -0.25) is 9.59 Å². The van der Waals surface area contributed by atoms with Gasteiger partial charge in [0, 0.05) is 24.5 Å². The number of ether oxygens (including phenoxy) is 1. The third kappa shape index (κ3) is 7.35. The molecule has 0 spiro atoms. The molecule has 6 heteroatoms. The molecule has 0 saturated heterocycles. The first-order valence-electron chi connectivity index (χ1n) is 11.5. The van der Waals surface area contributed by atoms with E-state index in [2.05, 4.69) is 5.32 Å². The highest BCUT2D eigenvalue weighted by molar-refractivity contribution is 6.30. The maximum atomic E-state index is 13.6. The van der Waals surface area contributed by atoms with Crippen molar-refractivity contribution in [2.45, 2.75) is 38.8 Å². The average Bonchev–Trinajstić information content (AvgIpc) is 2.87. The minimum absolute atomic E-state index is 0.120. The molecule has 178 valence electrons. The second-order valence-corrected chi connectivity index (χ2v) is 8.61. The Kier molecular flexibility index (Phi) is 9.53. The second-order valence-electron chi connectivity index (χ2n) is 8.17. The maximum Gasteiger partial charge on any atom is 0.243 e. The molecular weight excluding hydrogens is 448 g/mol. The minimum Gasteiger partial charge on any atom is -0.497 e. The summed E-state index contributed by atoms with van der Waals surface area (Å²) in [5.41, 5.74) is 2.77. The average molecular weight is 479 g/mol. The molecule has 0 unspecified atom stereocenters. The summed E-state index contributed by atoms with van der Waals surface area (Å²) in [5.74, 6) is 0.471. The molecular formula is C28H31ClN2O3. The molecule has 5 nitrogen and oxygen atoms in total. The van der Waals surface area contributed by atoms with Gasteiger partial charge in [-0.25, -0.2) is 0 Å². The molecule has 1 atom stereocenters. The van der Waals surface area contributed by atoms with Crippen LogP contribution in [0, 0.1) is 0 Å². The number of amides is 2. The van der Waals surface area contributed by atoms with Gasteiger partial charge in [0.1, 0.15) is 11.8 Å². The van der Waals surface area contributed by atoms with Crippen LogP contribution in [0.2, 0.25) is 5.02 Å². The van der Waals surface area contributed by atoms with E-state index in [9.17, 15) is 9.59 Å². The second kappa shape index (κ2) is 12.8. The van der Waals surface area contributed by atoms with Gasteiger partial charge in [0.05, 0.1) is 13.5 Å². The van der Waals surface area contributed by atoms with Crippen molar-refractivity contribution >= 4 is 23.4 Å². The summed E-state index contributed by atoms with van der Waals surface area (Å²) in [5, 5.41) is 3.61. The Labute approximate surface area is 206 Å². The number of benzene rings is 3. The third-order valence-electron chi connectivity index (χ3n) is 5.60. The largest absolute Gasteiger partial charge is 0.497 e. The SMILES string of the molecule is CCCNC(=O)[C@@H](Cc1ccccc1)N(Cc1ccc(OC)cc1)C(=O)Cc1ccc(Cl)cc1. The van der Waals surface area contributed by atoms with Crippen LogP contribution in [0.15, 0.2) is 78.9 Å². The van der Waals surface area contributed by atoms with E-state index < -0.39 is 6.04 Å². The van der Waals surface area contributed by atoms with Crippen LogP contribution < -0.4 is 10.1 Å². The predicted octanol–water partition coefficient (Wildman–Crippen LogP) is 5.06. The molecule has 3 aromatic carbocycles. The molecule has 0 aromatic heterocycles. The third-order valence-corrected chi connectivity index (χ3v) is 5.85. The standard InChI is InChI=1S/C28H31ClN2O3/c1-3-17-30-28(33)26(18-21-7-5-4-6-8-21)31(20-23-11-15-25(34-2)16-12-23)27(32)19-22-9-13-24(29)14-10-22/h4-16,26H,3,17-20H2,1-2H3,(H,30,33)/t26-/m1/s1. The Hall–Kier alpha value is -3.31. The summed E-state index contributed by atoms with van der Waals surface area (Å²) in [6.07, 6.45) is 1.43. The highest BCUT2D eigenvalue weighted by atomic mass is 35.5. The number of carbonyl (C=O) groups excluding carboxylic acids is 2. The number of halogens is 1. The molecule has 0 aliphatic rings. The highest BCUT2D eigenvalue weighted by Crippen LogP contribution is 2.19. The molecule has 0 aliphatic heterocycles. The van der Waals surface area contributed by atoms with Crippen LogP contribution in [0.25, 0.3) is 0 Å². The Morgan fingerprint density at radius 2 is 1.56 bits per heavy atom. The molecule has 0 heterocycles. The van der Waals surface area contributed by atoms with E-state index in [-0.39, 0.29) is 18.2 Å². The van der Waals surface area contributed by atoms with E-state index in [1.165, 1.54) is 0 Å². The number of rotatable bonds is 11. The Bertz CT molecular complexity index is 1050. The van der Waals surface area contributed by atoms with Crippen LogP contribution in [0.4, 0.5) is 0 Å². The van der Waals surface area contributed by atoms with Crippen molar-refractivity contribution in [1.82, 2.24) is 10.2 Å². The van der Waals surface area contributed by atoms with Crippen molar-refractivity contribution in [1.29, 1.82) is 0 Å². The van der Waals surface area contributed by atoms with Gasteiger partial charge >= 0.3 is 0 Å². The number of hydrogen-bond donors (Lipinski definition) is 1. The van der Waals surface area contributed by atoms with Crippen LogP contribution in [0.3, 0.4) is 0 Å². The van der Waals surface area contributed by atoms with E-state index >= 15 is 0 Å². The van der Waals surface area contributed by atoms with Gasteiger partial charge in [-0.1, -0.05) is 73.1 Å². The first-order chi connectivity index (χ1) is 16.5. The van der Waals surface area contributed by atoms with Gasteiger partial charge in [-0.2, -0.15) is 0 Å². The summed E-state index contributed by atoms with van der Waals surface area (Å²) in [6.45, 7) is 2.88. The van der Waals surface area contributed by atoms with Crippen molar-refractivity contribution in [3.63, 3.8) is 0 Å². The van der Waals surface area contributed by atoms with Gasteiger partial charge in [-0.15, -0.1) is 0 Å². The van der Waals surface area contributed by atoms with E-state index in [0.717, 1.165) is 28.9 Å². The molecule has 0 radical (unpaired) electrons. The molecule has 0 bridgehead atoms. The monoisotopic (exact) mass is 478 g/mol. The van der Waals surface area contributed by atoms with Crippen LogP contribution in [-0.2, 0) is 29.0 Å². The molecule has 0 saturated carbocycles. The zero-order valence-corrected chi connectivity index (χ0v) is 20.4. The van der Waals surface area contributed by atoms with E-state index in [1.807, 2.05) is 73.7 Å². The van der Waals surface area contributed by atoms with Gasteiger partial charge in [0.15, 0.2) is 0 Å². The zero-order chi connectivity index (χ0) is 24.3. The maximum absolute atomic E-state index is 13.6. The molecule has 2 amide bonds. The zero-order valence-electron chi connectivity index (χ0n) is 19.7. The molecule has 3 aromatic rings. The fraction of sp³-hybridized carbons (Fsp3) is 0.286. The van der Waals surface area contributed by atoms with Crippen molar-refractivity contribution in [3.05, 3.63) is 101 Å². The van der Waals surface area contributed by atoms with Crippen molar-refractivity contribution in [3.8, 4) is 5.75 Å². The van der Waals surface area contributed by atoms with Gasteiger partial charge < -0.3 is 15.0 Å². The topological polar surface area (TPSA) is 58.6 Å². The Morgan fingerprint density at radius 3 is 2.18 bits per heavy atom. The number of nitrogens with zero attached hydrogens (tertiary/aromatic N) is 1. The summed E-state index contributed by atoms with van der Waals surface area (Å²) >= 11 is 6.02. The molecule has 3 rings (SSSR count). The van der Waals surface area contributed by atoms with Crippen LogP contribution in [0.1, 0.15) is 30.0 Å². The summed E-state index contributed by atoms with van der Waals surface area (Å²) in [7, 11) is 1.62.